The van der Waals surface area contributed by atoms with Crippen LogP contribution in [0.15, 0.2) is 24.3 Å². The van der Waals surface area contributed by atoms with Gasteiger partial charge in [-0.25, -0.2) is 0 Å². The Morgan fingerprint density at radius 1 is 1.16 bits per heavy atom. The Kier molecular flexibility index (Phi) is 5.13. The van der Waals surface area contributed by atoms with Crippen LogP contribution in [0.4, 0.5) is 0 Å². The van der Waals surface area contributed by atoms with Crippen LogP contribution in [0.25, 0.3) is 0 Å². The number of amides is 2. The highest BCUT2D eigenvalue weighted by atomic mass is 32.1. The summed E-state index contributed by atoms with van der Waals surface area (Å²) in [6.45, 7) is 1.58. The van der Waals surface area contributed by atoms with Gasteiger partial charge in [-0.05, 0) is 31.9 Å². The zero-order chi connectivity index (χ0) is 18.0. The fourth-order valence-electron chi connectivity index (χ4n) is 3.17. The van der Waals surface area contributed by atoms with Gasteiger partial charge in [0.1, 0.15) is 0 Å². The highest BCUT2D eigenvalue weighted by Crippen LogP contribution is 2.35. The Morgan fingerprint density at radius 3 is 2.36 bits per heavy atom. The summed E-state index contributed by atoms with van der Waals surface area (Å²) in [5, 5.41) is 0. The van der Waals surface area contributed by atoms with Crippen LogP contribution in [0.2, 0.25) is 0 Å². The van der Waals surface area contributed by atoms with Crippen molar-refractivity contribution in [2.24, 2.45) is 11.8 Å². The van der Waals surface area contributed by atoms with E-state index in [9.17, 15) is 19.2 Å². The van der Waals surface area contributed by atoms with Crippen molar-refractivity contribution >= 4 is 34.9 Å². The second kappa shape index (κ2) is 7.31. The lowest BCUT2D eigenvalue weighted by atomic mass is 9.85. The molecular weight excluding hydrogens is 342 g/mol. The number of imide groups is 1. The predicted octanol–water partition coefficient (Wildman–Crippen LogP) is 2.12. The second-order valence-electron chi connectivity index (χ2n) is 6.23. The minimum Gasteiger partial charge on any atom is -0.457 e. The van der Waals surface area contributed by atoms with E-state index >= 15 is 0 Å². The number of hydrogen-bond acceptors (Lipinski definition) is 6. The number of ether oxygens (including phenoxy) is 1. The van der Waals surface area contributed by atoms with Gasteiger partial charge in [0.2, 0.25) is 17.6 Å². The van der Waals surface area contributed by atoms with E-state index in [0.717, 1.165) is 9.78 Å². The molecule has 1 aromatic heterocycles. The van der Waals surface area contributed by atoms with Crippen LogP contribution in [-0.4, -0.2) is 41.6 Å². The number of carbonyl (C=O) groups excluding carboxylic acids is 4. The predicted molar refractivity (Wildman–Crippen MR) is 91.0 cm³/mol. The molecule has 1 saturated heterocycles. The maximum Gasteiger partial charge on any atom is 0.308 e. The van der Waals surface area contributed by atoms with Crippen molar-refractivity contribution < 1.29 is 23.9 Å². The van der Waals surface area contributed by atoms with Crippen LogP contribution in [-0.2, 0) is 19.1 Å². The van der Waals surface area contributed by atoms with Gasteiger partial charge in [0, 0.05) is 11.4 Å². The molecule has 0 spiro atoms. The molecule has 0 unspecified atom stereocenters. The summed E-state index contributed by atoms with van der Waals surface area (Å²) >= 11 is 1.35. The van der Waals surface area contributed by atoms with Gasteiger partial charge in [-0.3, -0.25) is 24.1 Å². The van der Waals surface area contributed by atoms with E-state index in [1.54, 1.807) is 6.07 Å². The van der Waals surface area contributed by atoms with E-state index in [2.05, 4.69) is 0 Å². The van der Waals surface area contributed by atoms with E-state index in [0.29, 0.717) is 17.7 Å². The first kappa shape index (κ1) is 17.5. The first-order valence-electron chi connectivity index (χ1n) is 8.23. The van der Waals surface area contributed by atoms with Gasteiger partial charge < -0.3 is 4.74 Å². The SMILES string of the molecule is Cc1ccc(C(=O)COC(=O)CCN2C(=O)[C@H]3CC=CC[C@H]3C2=O)s1. The number of likely N-dealkylation sites (tertiary alicyclic amines) is 1. The molecule has 0 aromatic carbocycles. The molecule has 1 aliphatic heterocycles. The first-order valence-corrected chi connectivity index (χ1v) is 9.04. The number of ketones is 1. The van der Waals surface area contributed by atoms with Crippen LogP contribution in [0.5, 0.6) is 0 Å². The van der Waals surface area contributed by atoms with Gasteiger partial charge in [-0.1, -0.05) is 12.2 Å². The fourth-order valence-corrected chi connectivity index (χ4v) is 3.96. The Labute approximate surface area is 149 Å². The molecule has 1 aromatic rings. The third kappa shape index (κ3) is 3.71. The first-order chi connectivity index (χ1) is 12.0. The molecule has 7 heteroatoms. The number of thiophene rings is 1. The monoisotopic (exact) mass is 361 g/mol. The van der Waals surface area contributed by atoms with Crippen LogP contribution in [0.3, 0.4) is 0 Å². The summed E-state index contributed by atoms with van der Waals surface area (Å²) in [6, 6.07) is 3.53. The Morgan fingerprint density at radius 2 is 1.80 bits per heavy atom. The third-order valence-electron chi connectivity index (χ3n) is 4.52. The van der Waals surface area contributed by atoms with Crippen molar-refractivity contribution in [1.29, 1.82) is 0 Å². The Hall–Kier alpha value is -2.28. The van der Waals surface area contributed by atoms with E-state index < -0.39 is 5.97 Å². The topological polar surface area (TPSA) is 80.8 Å². The molecule has 1 aliphatic carbocycles. The summed E-state index contributed by atoms with van der Waals surface area (Å²) < 4.78 is 4.97. The number of allylic oxidation sites excluding steroid dienone is 2. The van der Waals surface area contributed by atoms with E-state index in [1.165, 1.54) is 11.3 Å². The lowest BCUT2D eigenvalue weighted by Crippen LogP contribution is -2.33. The number of fused-ring (bicyclic) bond motifs is 1. The number of Topliss-reactive ketones (excluding diaryl/α,β-unsaturated/α-hetero) is 1. The van der Waals surface area contributed by atoms with Gasteiger partial charge in [0.25, 0.3) is 0 Å². The quantitative estimate of drug-likeness (QED) is 0.336. The highest BCUT2D eigenvalue weighted by Gasteiger charge is 2.46. The number of rotatable bonds is 6. The number of esters is 1. The van der Waals surface area contributed by atoms with Gasteiger partial charge in [-0.15, -0.1) is 11.3 Å². The van der Waals surface area contributed by atoms with Gasteiger partial charge >= 0.3 is 5.97 Å². The maximum absolute atomic E-state index is 12.3. The summed E-state index contributed by atoms with van der Waals surface area (Å²) in [5.74, 6) is -1.85. The summed E-state index contributed by atoms with van der Waals surface area (Å²) in [4.78, 5) is 51.0. The number of aryl methyl sites for hydroxylation is 1. The molecule has 1 fully saturated rings. The minimum atomic E-state index is -0.588. The van der Waals surface area contributed by atoms with E-state index in [-0.39, 0.29) is 49.0 Å². The van der Waals surface area contributed by atoms with Crippen molar-refractivity contribution in [3.63, 3.8) is 0 Å². The van der Waals surface area contributed by atoms with Crippen molar-refractivity contribution in [2.75, 3.05) is 13.2 Å². The summed E-state index contributed by atoms with van der Waals surface area (Å²) in [7, 11) is 0. The lowest BCUT2D eigenvalue weighted by molar-refractivity contribution is -0.145. The zero-order valence-electron chi connectivity index (χ0n) is 13.9. The number of carbonyl (C=O) groups is 4. The van der Waals surface area contributed by atoms with E-state index in [1.807, 2.05) is 25.1 Å². The van der Waals surface area contributed by atoms with Crippen LogP contribution < -0.4 is 0 Å². The fraction of sp³-hybridized carbons (Fsp3) is 0.444. The van der Waals surface area contributed by atoms with Crippen molar-refractivity contribution in [2.45, 2.75) is 26.2 Å². The van der Waals surface area contributed by atoms with Crippen molar-refractivity contribution in [1.82, 2.24) is 4.90 Å². The van der Waals surface area contributed by atoms with Crippen LogP contribution >= 0.6 is 11.3 Å². The second-order valence-corrected chi connectivity index (χ2v) is 7.52. The number of hydrogen-bond donors (Lipinski definition) is 0. The molecule has 0 radical (unpaired) electrons. The minimum absolute atomic E-state index is 0.00972. The Balaban J connectivity index is 1.47. The van der Waals surface area contributed by atoms with Crippen molar-refractivity contribution in [3.8, 4) is 0 Å². The van der Waals surface area contributed by atoms with Crippen LogP contribution in [0.1, 0.15) is 33.8 Å². The van der Waals surface area contributed by atoms with Crippen molar-refractivity contribution in [3.05, 3.63) is 34.0 Å². The normalized spacial score (nSPS) is 22.2. The highest BCUT2D eigenvalue weighted by molar-refractivity contribution is 7.14. The molecule has 132 valence electrons. The average Bonchev–Trinajstić information content (AvgIpc) is 3.14. The summed E-state index contributed by atoms with van der Waals surface area (Å²) in [6.07, 6.45) is 4.89. The molecule has 25 heavy (non-hydrogen) atoms. The molecule has 0 bridgehead atoms. The average molecular weight is 361 g/mol. The molecule has 3 rings (SSSR count). The zero-order valence-corrected chi connectivity index (χ0v) is 14.7. The standard InChI is InChI=1S/C18H19NO5S/c1-11-6-7-15(25-11)14(20)10-24-16(21)8-9-19-17(22)12-4-2-3-5-13(12)18(19)23/h2-3,6-7,12-13H,4-5,8-10H2,1H3/t12-,13+. The van der Waals surface area contributed by atoms with Gasteiger partial charge in [-0.2, -0.15) is 0 Å². The van der Waals surface area contributed by atoms with E-state index in [4.69, 9.17) is 4.74 Å². The smallest absolute Gasteiger partial charge is 0.308 e. The van der Waals surface area contributed by atoms with Gasteiger partial charge in [0.15, 0.2) is 6.61 Å². The molecule has 2 amide bonds. The number of nitrogens with zero attached hydrogens (tertiary/aromatic N) is 1. The molecular formula is C18H19NO5S. The molecule has 6 nitrogen and oxygen atoms in total. The molecule has 2 heterocycles. The molecule has 2 aliphatic rings. The third-order valence-corrected chi connectivity index (χ3v) is 5.56. The lowest BCUT2D eigenvalue weighted by Gasteiger charge is -2.14. The largest absolute Gasteiger partial charge is 0.457 e. The molecule has 0 saturated carbocycles. The molecule has 0 N–H and O–H groups in total. The van der Waals surface area contributed by atoms with Gasteiger partial charge in [0.05, 0.1) is 23.1 Å². The van der Waals surface area contributed by atoms with Crippen LogP contribution in [0, 0.1) is 18.8 Å². The Bertz CT molecular complexity index is 724. The maximum atomic E-state index is 12.3. The molecule has 2 atom stereocenters. The summed E-state index contributed by atoms with van der Waals surface area (Å²) in [5.41, 5.74) is 0.